The maximum absolute atomic E-state index is 11.6. The highest BCUT2D eigenvalue weighted by Crippen LogP contribution is 2.33. The fraction of sp³-hybridized carbons (Fsp3) is 1.00. The predicted molar refractivity (Wildman–Crippen MR) is 60.1 cm³/mol. The Morgan fingerprint density at radius 3 is 2.60 bits per heavy atom. The molecule has 0 bridgehead atoms. The third kappa shape index (κ3) is 3.74. The summed E-state index contributed by atoms with van der Waals surface area (Å²) >= 11 is 0. The van der Waals surface area contributed by atoms with Gasteiger partial charge in [-0.15, -0.1) is 0 Å². The summed E-state index contributed by atoms with van der Waals surface area (Å²) in [6.45, 7) is 2.69. The van der Waals surface area contributed by atoms with E-state index < -0.39 is 10.0 Å². The Morgan fingerprint density at radius 1 is 1.33 bits per heavy atom. The highest BCUT2D eigenvalue weighted by Gasteiger charge is 2.38. The van der Waals surface area contributed by atoms with Crippen LogP contribution in [0, 0.1) is 5.92 Å². The fourth-order valence-electron chi connectivity index (χ4n) is 1.82. The molecule has 15 heavy (non-hydrogen) atoms. The molecule has 0 aromatic heterocycles. The summed E-state index contributed by atoms with van der Waals surface area (Å²) in [4.78, 5) is 0. The smallest absolute Gasteiger partial charge is 0.213 e. The van der Waals surface area contributed by atoms with Crippen LogP contribution < -0.4 is 10.0 Å². The standard InChI is InChI=1S/C10H20N2O2S/c1-2-8-7-10(8)12-15(13,14)6-5-11-9-3-4-9/h8-12H,2-7H2,1H3. The number of rotatable bonds is 7. The Labute approximate surface area is 91.9 Å². The van der Waals surface area contributed by atoms with Crippen molar-refractivity contribution in [3.05, 3.63) is 0 Å². The quantitative estimate of drug-likeness (QED) is 0.670. The summed E-state index contributed by atoms with van der Waals surface area (Å²) in [6.07, 6.45) is 4.50. The molecule has 2 saturated carbocycles. The lowest BCUT2D eigenvalue weighted by atomic mass is 10.3. The first-order valence-corrected chi connectivity index (χ1v) is 7.49. The highest BCUT2D eigenvalue weighted by atomic mass is 32.2. The summed E-state index contributed by atoms with van der Waals surface area (Å²) < 4.78 is 25.9. The lowest BCUT2D eigenvalue weighted by Crippen LogP contribution is -2.34. The predicted octanol–water partition coefficient (Wildman–Crippen LogP) is 0.456. The number of nitrogens with one attached hydrogen (secondary N) is 2. The van der Waals surface area contributed by atoms with Crippen LogP contribution in [0.25, 0.3) is 0 Å². The van der Waals surface area contributed by atoms with Gasteiger partial charge in [0.15, 0.2) is 0 Å². The first-order chi connectivity index (χ1) is 7.11. The average Bonchev–Trinajstić information content (AvgIpc) is 2.99. The molecule has 2 aliphatic rings. The van der Waals surface area contributed by atoms with E-state index in [1.165, 1.54) is 12.8 Å². The first kappa shape index (κ1) is 11.4. The molecule has 0 heterocycles. The van der Waals surface area contributed by atoms with Crippen molar-refractivity contribution in [3.8, 4) is 0 Å². The van der Waals surface area contributed by atoms with Gasteiger partial charge in [-0.25, -0.2) is 13.1 Å². The van der Waals surface area contributed by atoms with Gasteiger partial charge in [0, 0.05) is 18.6 Å². The molecule has 4 nitrogen and oxygen atoms in total. The largest absolute Gasteiger partial charge is 0.313 e. The van der Waals surface area contributed by atoms with Crippen LogP contribution in [0.15, 0.2) is 0 Å². The highest BCUT2D eigenvalue weighted by molar-refractivity contribution is 7.89. The summed E-state index contributed by atoms with van der Waals surface area (Å²) in [6, 6.07) is 0.811. The molecule has 0 aromatic rings. The van der Waals surface area contributed by atoms with Gasteiger partial charge in [0.1, 0.15) is 0 Å². The summed E-state index contributed by atoms with van der Waals surface area (Å²) in [7, 11) is -3.04. The normalized spacial score (nSPS) is 30.5. The third-order valence-electron chi connectivity index (χ3n) is 3.16. The second-order valence-electron chi connectivity index (χ2n) is 4.68. The van der Waals surface area contributed by atoms with E-state index in [1.54, 1.807) is 0 Å². The van der Waals surface area contributed by atoms with Gasteiger partial charge in [-0.1, -0.05) is 13.3 Å². The Balaban J connectivity index is 1.65. The monoisotopic (exact) mass is 232 g/mol. The van der Waals surface area contributed by atoms with Crippen LogP contribution in [0.1, 0.15) is 32.6 Å². The van der Waals surface area contributed by atoms with Gasteiger partial charge in [0.2, 0.25) is 10.0 Å². The zero-order chi connectivity index (χ0) is 10.9. The summed E-state index contributed by atoms with van der Waals surface area (Å²) in [5.41, 5.74) is 0. The Kier molecular flexibility index (Phi) is 3.33. The van der Waals surface area contributed by atoms with Crippen molar-refractivity contribution in [2.75, 3.05) is 12.3 Å². The molecule has 0 amide bonds. The molecule has 0 spiro atoms. The zero-order valence-electron chi connectivity index (χ0n) is 9.20. The molecule has 2 atom stereocenters. The van der Waals surface area contributed by atoms with Crippen molar-refractivity contribution in [2.45, 2.75) is 44.7 Å². The van der Waals surface area contributed by atoms with Crippen LogP contribution in [0.5, 0.6) is 0 Å². The van der Waals surface area contributed by atoms with Crippen LogP contribution in [0.2, 0.25) is 0 Å². The van der Waals surface area contributed by atoms with Crippen molar-refractivity contribution in [3.63, 3.8) is 0 Å². The molecule has 2 N–H and O–H groups in total. The second-order valence-corrected chi connectivity index (χ2v) is 6.55. The molecular weight excluding hydrogens is 212 g/mol. The van der Waals surface area contributed by atoms with Gasteiger partial charge in [0.05, 0.1) is 5.75 Å². The minimum Gasteiger partial charge on any atom is -0.313 e. The van der Waals surface area contributed by atoms with E-state index in [9.17, 15) is 8.42 Å². The molecule has 0 aromatic carbocycles. The molecule has 88 valence electrons. The van der Waals surface area contributed by atoms with E-state index in [0.717, 1.165) is 12.8 Å². The number of hydrogen-bond donors (Lipinski definition) is 2. The zero-order valence-corrected chi connectivity index (χ0v) is 10.0. The van der Waals surface area contributed by atoms with Crippen LogP contribution in [-0.2, 0) is 10.0 Å². The van der Waals surface area contributed by atoms with Crippen molar-refractivity contribution in [2.24, 2.45) is 5.92 Å². The van der Waals surface area contributed by atoms with E-state index in [1.807, 2.05) is 0 Å². The summed E-state index contributed by atoms with van der Waals surface area (Å²) in [5.74, 6) is 0.798. The lowest BCUT2D eigenvalue weighted by Gasteiger charge is -2.06. The van der Waals surface area contributed by atoms with Crippen LogP contribution >= 0.6 is 0 Å². The molecule has 2 fully saturated rings. The molecule has 5 heteroatoms. The van der Waals surface area contributed by atoms with Crippen LogP contribution in [0.4, 0.5) is 0 Å². The number of sulfonamides is 1. The van der Waals surface area contributed by atoms with Gasteiger partial charge in [-0.2, -0.15) is 0 Å². The molecular formula is C10H20N2O2S. The lowest BCUT2D eigenvalue weighted by molar-refractivity contribution is 0.571. The third-order valence-corrected chi connectivity index (χ3v) is 4.56. The van der Waals surface area contributed by atoms with Crippen molar-refractivity contribution >= 4 is 10.0 Å². The fourth-order valence-corrected chi connectivity index (χ4v) is 3.07. The Morgan fingerprint density at radius 2 is 2.07 bits per heavy atom. The topological polar surface area (TPSA) is 58.2 Å². The molecule has 0 saturated heterocycles. The van der Waals surface area contributed by atoms with Crippen LogP contribution in [-0.4, -0.2) is 32.8 Å². The molecule has 2 unspecified atom stereocenters. The minimum atomic E-state index is -3.04. The van der Waals surface area contributed by atoms with Gasteiger partial charge in [-0.05, 0) is 25.2 Å². The van der Waals surface area contributed by atoms with Gasteiger partial charge in [-0.3, -0.25) is 0 Å². The molecule has 0 aliphatic heterocycles. The van der Waals surface area contributed by atoms with Gasteiger partial charge in [0.25, 0.3) is 0 Å². The Hall–Kier alpha value is -0.130. The van der Waals surface area contributed by atoms with Gasteiger partial charge >= 0.3 is 0 Å². The molecule has 2 rings (SSSR count). The van der Waals surface area contributed by atoms with E-state index in [0.29, 0.717) is 18.5 Å². The Bertz CT molecular complexity index is 311. The summed E-state index contributed by atoms with van der Waals surface area (Å²) in [5, 5.41) is 3.21. The van der Waals surface area contributed by atoms with E-state index in [4.69, 9.17) is 0 Å². The molecule has 0 radical (unpaired) electrons. The van der Waals surface area contributed by atoms with Crippen molar-refractivity contribution in [1.29, 1.82) is 0 Å². The number of hydrogen-bond acceptors (Lipinski definition) is 3. The molecule has 2 aliphatic carbocycles. The van der Waals surface area contributed by atoms with Crippen molar-refractivity contribution < 1.29 is 8.42 Å². The maximum atomic E-state index is 11.6. The first-order valence-electron chi connectivity index (χ1n) is 5.84. The minimum absolute atomic E-state index is 0.219. The van der Waals surface area contributed by atoms with Crippen molar-refractivity contribution in [1.82, 2.24) is 10.0 Å². The SMILES string of the molecule is CCC1CC1NS(=O)(=O)CCNC1CC1. The van der Waals surface area contributed by atoms with E-state index >= 15 is 0 Å². The second kappa shape index (κ2) is 4.39. The maximum Gasteiger partial charge on any atom is 0.213 e. The van der Waals surface area contributed by atoms with E-state index in [-0.39, 0.29) is 11.8 Å². The van der Waals surface area contributed by atoms with E-state index in [2.05, 4.69) is 17.0 Å². The van der Waals surface area contributed by atoms with Gasteiger partial charge < -0.3 is 5.32 Å². The van der Waals surface area contributed by atoms with Crippen LogP contribution in [0.3, 0.4) is 0 Å². The average molecular weight is 232 g/mol.